The van der Waals surface area contributed by atoms with E-state index in [-0.39, 0.29) is 5.56 Å². The average Bonchev–Trinajstić information content (AvgIpc) is 3.07. The van der Waals surface area contributed by atoms with E-state index >= 15 is 0 Å². The number of rotatable bonds is 2. The van der Waals surface area contributed by atoms with Gasteiger partial charge in [0, 0.05) is 62.1 Å². The Morgan fingerprint density at radius 3 is 2.86 bits per heavy atom. The molecule has 1 atom stereocenters. The van der Waals surface area contributed by atoms with Crippen LogP contribution in [0.15, 0.2) is 47.5 Å². The van der Waals surface area contributed by atoms with E-state index in [1.807, 2.05) is 44.6 Å². The third kappa shape index (κ3) is 3.17. The van der Waals surface area contributed by atoms with Gasteiger partial charge in [0.05, 0.1) is 16.9 Å². The second-order valence-corrected chi connectivity index (χ2v) is 7.93. The normalized spacial score (nSPS) is 17.3. The molecular formula is C22H24N6O. The monoisotopic (exact) mass is 388 g/mol. The highest BCUT2D eigenvalue weighted by molar-refractivity contribution is 5.83. The number of nitrogens with zero attached hydrogens (tertiary/aromatic N) is 5. The molecule has 0 spiro atoms. The Balaban J connectivity index is 1.61. The van der Waals surface area contributed by atoms with Gasteiger partial charge in [-0.2, -0.15) is 5.10 Å². The molecular weight excluding hydrogens is 364 g/mol. The molecule has 5 rings (SSSR count). The molecule has 148 valence electrons. The minimum Gasteiger partial charge on any atom is -0.368 e. The standard InChI is InChI=1S/C22H24N6O/c1-14-8-18(27-7-6-23-15(2)11-27)13-28-21(29)10-20(24-22(14)28)16-4-5-19-17(9-16)12-26(3)25-19/h4-5,8-10,12-13,15,23H,6-7,11H2,1-3H3. The number of aromatic nitrogens is 4. The minimum atomic E-state index is -0.0654. The molecule has 29 heavy (non-hydrogen) atoms. The largest absolute Gasteiger partial charge is 0.368 e. The molecule has 0 aliphatic carbocycles. The number of benzene rings is 1. The van der Waals surface area contributed by atoms with Crippen molar-refractivity contribution in [1.29, 1.82) is 0 Å². The first-order chi connectivity index (χ1) is 14.0. The third-order valence-corrected chi connectivity index (χ3v) is 5.58. The van der Waals surface area contributed by atoms with Crippen molar-refractivity contribution in [3.63, 3.8) is 0 Å². The summed E-state index contributed by atoms with van der Waals surface area (Å²) in [6.07, 6.45) is 3.89. The molecule has 0 saturated carbocycles. The Labute approximate surface area is 168 Å². The fourth-order valence-electron chi connectivity index (χ4n) is 4.15. The van der Waals surface area contributed by atoms with E-state index in [4.69, 9.17) is 4.98 Å². The fraction of sp³-hybridized carbons (Fsp3) is 0.318. The van der Waals surface area contributed by atoms with Crippen molar-refractivity contribution in [3.05, 3.63) is 58.6 Å². The second kappa shape index (κ2) is 6.70. The maximum Gasteiger partial charge on any atom is 0.258 e. The van der Waals surface area contributed by atoms with E-state index in [1.54, 1.807) is 15.1 Å². The molecule has 1 unspecified atom stereocenters. The highest BCUT2D eigenvalue weighted by atomic mass is 16.1. The van der Waals surface area contributed by atoms with Crippen molar-refractivity contribution >= 4 is 22.2 Å². The zero-order valence-corrected chi connectivity index (χ0v) is 16.9. The Hall–Kier alpha value is -3.19. The molecule has 0 radical (unpaired) electrons. The summed E-state index contributed by atoms with van der Waals surface area (Å²) in [4.78, 5) is 20.1. The van der Waals surface area contributed by atoms with Crippen LogP contribution in [-0.4, -0.2) is 44.8 Å². The highest BCUT2D eigenvalue weighted by Crippen LogP contribution is 2.24. The van der Waals surface area contributed by atoms with E-state index in [2.05, 4.69) is 28.3 Å². The van der Waals surface area contributed by atoms with Gasteiger partial charge in [0.2, 0.25) is 0 Å². The lowest BCUT2D eigenvalue weighted by Crippen LogP contribution is -2.49. The number of pyridine rings is 1. The first-order valence-corrected chi connectivity index (χ1v) is 9.94. The van der Waals surface area contributed by atoms with E-state index < -0.39 is 0 Å². The first kappa shape index (κ1) is 17.9. The first-order valence-electron chi connectivity index (χ1n) is 9.94. The van der Waals surface area contributed by atoms with Crippen LogP contribution in [0.1, 0.15) is 12.5 Å². The van der Waals surface area contributed by atoms with Crippen molar-refractivity contribution in [1.82, 2.24) is 24.5 Å². The molecule has 1 fully saturated rings. The van der Waals surface area contributed by atoms with Gasteiger partial charge in [-0.25, -0.2) is 4.98 Å². The van der Waals surface area contributed by atoms with Gasteiger partial charge >= 0.3 is 0 Å². The van der Waals surface area contributed by atoms with Crippen molar-refractivity contribution in [2.24, 2.45) is 7.05 Å². The van der Waals surface area contributed by atoms with E-state index in [0.29, 0.717) is 17.4 Å². The maximum atomic E-state index is 13.0. The Morgan fingerprint density at radius 2 is 2.03 bits per heavy atom. The molecule has 4 heterocycles. The van der Waals surface area contributed by atoms with Crippen molar-refractivity contribution in [2.75, 3.05) is 24.5 Å². The second-order valence-electron chi connectivity index (χ2n) is 7.93. The molecule has 3 aromatic heterocycles. The molecule has 1 aliphatic rings. The topological polar surface area (TPSA) is 67.5 Å². The number of piperazine rings is 1. The van der Waals surface area contributed by atoms with Gasteiger partial charge in [-0.3, -0.25) is 13.9 Å². The van der Waals surface area contributed by atoms with Crippen molar-refractivity contribution in [2.45, 2.75) is 19.9 Å². The molecule has 1 saturated heterocycles. The van der Waals surface area contributed by atoms with Crippen LogP contribution in [-0.2, 0) is 7.05 Å². The van der Waals surface area contributed by atoms with Gasteiger partial charge < -0.3 is 10.2 Å². The number of aryl methyl sites for hydroxylation is 2. The molecule has 0 bridgehead atoms. The summed E-state index contributed by atoms with van der Waals surface area (Å²) in [7, 11) is 1.90. The summed E-state index contributed by atoms with van der Waals surface area (Å²) in [6, 6.07) is 10.2. The molecule has 0 amide bonds. The van der Waals surface area contributed by atoms with Gasteiger partial charge in [0.25, 0.3) is 5.56 Å². The van der Waals surface area contributed by atoms with Crippen LogP contribution in [0.2, 0.25) is 0 Å². The number of hydrogen-bond donors (Lipinski definition) is 1. The lowest BCUT2D eigenvalue weighted by atomic mass is 10.1. The van der Waals surface area contributed by atoms with E-state index in [0.717, 1.165) is 47.4 Å². The van der Waals surface area contributed by atoms with Crippen molar-refractivity contribution in [3.8, 4) is 11.3 Å². The summed E-state index contributed by atoms with van der Waals surface area (Å²) < 4.78 is 3.46. The van der Waals surface area contributed by atoms with Gasteiger partial charge in [-0.15, -0.1) is 0 Å². The summed E-state index contributed by atoms with van der Waals surface area (Å²) in [5.74, 6) is 0. The summed E-state index contributed by atoms with van der Waals surface area (Å²) in [5.41, 5.74) is 5.23. The van der Waals surface area contributed by atoms with Crippen LogP contribution < -0.4 is 15.8 Å². The van der Waals surface area contributed by atoms with Crippen LogP contribution in [0.5, 0.6) is 0 Å². The predicted octanol–water partition coefficient (Wildman–Crippen LogP) is 2.35. The molecule has 7 nitrogen and oxygen atoms in total. The number of fused-ring (bicyclic) bond motifs is 2. The molecule has 7 heteroatoms. The van der Waals surface area contributed by atoms with Crippen LogP contribution >= 0.6 is 0 Å². The lowest BCUT2D eigenvalue weighted by Gasteiger charge is -2.33. The average molecular weight is 388 g/mol. The maximum absolute atomic E-state index is 13.0. The summed E-state index contributed by atoms with van der Waals surface area (Å²) in [5, 5.41) is 8.90. The molecule has 1 aromatic carbocycles. The SMILES string of the molecule is Cc1cc(N2CCNC(C)C2)cn2c(=O)cc(-c3ccc4nn(C)cc4c3)nc12. The Morgan fingerprint density at radius 1 is 1.17 bits per heavy atom. The van der Waals surface area contributed by atoms with Gasteiger partial charge in [-0.05, 0) is 37.6 Å². The quantitative estimate of drug-likeness (QED) is 0.571. The minimum absolute atomic E-state index is 0.0654. The zero-order valence-electron chi connectivity index (χ0n) is 16.9. The fourth-order valence-corrected chi connectivity index (χ4v) is 4.15. The zero-order chi connectivity index (χ0) is 20.1. The number of anilines is 1. The Kier molecular flexibility index (Phi) is 4.13. The van der Waals surface area contributed by atoms with E-state index in [1.165, 1.54) is 0 Å². The Bertz CT molecular complexity index is 1290. The van der Waals surface area contributed by atoms with Gasteiger partial charge in [0.1, 0.15) is 5.65 Å². The van der Waals surface area contributed by atoms with Crippen LogP contribution in [0.3, 0.4) is 0 Å². The van der Waals surface area contributed by atoms with Crippen LogP contribution in [0, 0.1) is 6.92 Å². The van der Waals surface area contributed by atoms with E-state index in [9.17, 15) is 4.79 Å². The highest BCUT2D eigenvalue weighted by Gasteiger charge is 2.18. The van der Waals surface area contributed by atoms with Crippen LogP contribution in [0.25, 0.3) is 27.8 Å². The van der Waals surface area contributed by atoms with Gasteiger partial charge in [-0.1, -0.05) is 6.07 Å². The van der Waals surface area contributed by atoms with Gasteiger partial charge in [0.15, 0.2) is 0 Å². The molecule has 4 aromatic rings. The smallest absolute Gasteiger partial charge is 0.258 e. The summed E-state index contributed by atoms with van der Waals surface area (Å²) >= 11 is 0. The molecule has 1 N–H and O–H groups in total. The van der Waals surface area contributed by atoms with Crippen LogP contribution in [0.4, 0.5) is 5.69 Å². The summed E-state index contributed by atoms with van der Waals surface area (Å²) in [6.45, 7) is 7.00. The van der Waals surface area contributed by atoms with Crippen molar-refractivity contribution < 1.29 is 0 Å². The molecule has 1 aliphatic heterocycles. The third-order valence-electron chi connectivity index (χ3n) is 5.58. The number of nitrogens with one attached hydrogen (secondary N) is 1. The number of hydrogen-bond acceptors (Lipinski definition) is 5. The lowest BCUT2D eigenvalue weighted by molar-refractivity contribution is 0.484. The predicted molar refractivity (Wildman–Crippen MR) is 116 cm³/mol.